The van der Waals surface area contributed by atoms with Gasteiger partial charge in [-0.25, -0.2) is 4.98 Å². The highest BCUT2D eigenvalue weighted by Gasteiger charge is 2.47. The number of hydrogen-bond donors (Lipinski definition) is 0. The maximum absolute atomic E-state index is 5.14. The van der Waals surface area contributed by atoms with Gasteiger partial charge in [-0.3, -0.25) is 0 Å². The molecule has 43 heavy (non-hydrogen) atoms. The fraction of sp³-hybridized carbons (Fsp3) is 0.0714. The molecule has 1 heterocycles. The van der Waals surface area contributed by atoms with Crippen LogP contribution in [0, 0.1) is 0 Å². The number of nitrogens with zero attached hydrogens (tertiary/aromatic N) is 1. The second-order valence-electron chi connectivity index (χ2n) is 11.8. The molecule has 7 aromatic rings. The predicted octanol–water partition coefficient (Wildman–Crippen LogP) is 10.8. The molecule has 0 saturated heterocycles. The van der Waals surface area contributed by atoms with Gasteiger partial charge in [0.25, 0.3) is 0 Å². The SMILES string of the molecule is C1=CCCC(C2(c3cccc(-c4cc5nc6ccccc6cc5c5ccccc45)c3)c3ccccc3-c3ccccc32)=C1. The van der Waals surface area contributed by atoms with Crippen LogP contribution in [0.1, 0.15) is 29.5 Å². The number of pyridine rings is 1. The highest BCUT2D eigenvalue weighted by molar-refractivity contribution is 6.15. The molecule has 0 radical (unpaired) electrons. The number of aromatic nitrogens is 1. The molecule has 0 fully saturated rings. The molecule has 1 heteroatoms. The van der Waals surface area contributed by atoms with Gasteiger partial charge in [0.15, 0.2) is 0 Å². The van der Waals surface area contributed by atoms with Crippen molar-refractivity contribution in [2.45, 2.75) is 18.3 Å². The maximum Gasteiger partial charge on any atom is 0.0722 e. The fourth-order valence-electron chi connectivity index (χ4n) is 7.78. The van der Waals surface area contributed by atoms with Crippen molar-refractivity contribution in [3.8, 4) is 22.3 Å². The molecule has 0 N–H and O–H groups in total. The number of para-hydroxylation sites is 1. The van der Waals surface area contributed by atoms with Crippen molar-refractivity contribution in [2.75, 3.05) is 0 Å². The van der Waals surface area contributed by atoms with E-state index in [4.69, 9.17) is 4.98 Å². The molecule has 0 amide bonds. The van der Waals surface area contributed by atoms with Crippen LogP contribution < -0.4 is 0 Å². The van der Waals surface area contributed by atoms with Gasteiger partial charge >= 0.3 is 0 Å². The van der Waals surface area contributed by atoms with E-state index in [1.165, 1.54) is 66.1 Å². The van der Waals surface area contributed by atoms with E-state index in [9.17, 15) is 0 Å². The first kappa shape index (κ1) is 24.3. The topological polar surface area (TPSA) is 12.9 Å². The van der Waals surface area contributed by atoms with Crippen molar-refractivity contribution < 1.29 is 0 Å². The van der Waals surface area contributed by atoms with Gasteiger partial charge in [-0.05, 0) is 86.8 Å². The molecule has 1 nitrogen and oxygen atoms in total. The van der Waals surface area contributed by atoms with Gasteiger partial charge in [0, 0.05) is 10.8 Å². The van der Waals surface area contributed by atoms with Crippen LogP contribution in [0.5, 0.6) is 0 Å². The molecule has 202 valence electrons. The molecule has 0 unspecified atom stereocenters. The van der Waals surface area contributed by atoms with Gasteiger partial charge in [0.05, 0.1) is 16.4 Å². The Morgan fingerprint density at radius 3 is 2.05 bits per heavy atom. The monoisotopic (exact) mass is 547 g/mol. The third kappa shape index (κ3) is 3.49. The van der Waals surface area contributed by atoms with E-state index in [0.717, 1.165) is 23.9 Å². The molecular weight excluding hydrogens is 518 g/mol. The molecule has 0 spiro atoms. The Bertz CT molecular complexity index is 2260. The zero-order chi connectivity index (χ0) is 28.4. The molecule has 9 rings (SSSR count). The number of fused-ring (bicyclic) bond motifs is 7. The van der Waals surface area contributed by atoms with Gasteiger partial charge in [0.1, 0.15) is 0 Å². The molecule has 1 aromatic heterocycles. The van der Waals surface area contributed by atoms with Crippen molar-refractivity contribution in [3.05, 3.63) is 174 Å². The summed E-state index contributed by atoms with van der Waals surface area (Å²) in [5, 5.41) is 4.86. The second kappa shape index (κ2) is 9.37. The van der Waals surface area contributed by atoms with Crippen LogP contribution in [-0.2, 0) is 5.41 Å². The van der Waals surface area contributed by atoms with Crippen molar-refractivity contribution >= 4 is 32.6 Å². The quantitative estimate of drug-likeness (QED) is 0.158. The molecule has 2 aliphatic carbocycles. The predicted molar refractivity (Wildman–Crippen MR) is 180 cm³/mol. The number of hydrogen-bond acceptors (Lipinski definition) is 1. The van der Waals surface area contributed by atoms with Crippen LogP contribution in [0.4, 0.5) is 0 Å². The summed E-state index contributed by atoms with van der Waals surface area (Å²) in [5.41, 5.74) is 12.4. The van der Waals surface area contributed by atoms with E-state index in [2.05, 4.69) is 152 Å². The van der Waals surface area contributed by atoms with Crippen LogP contribution in [-0.4, -0.2) is 4.98 Å². The smallest absolute Gasteiger partial charge is 0.0722 e. The highest BCUT2D eigenvalue weighted by Crippen LogP contribution is 2.57. The van der Waals surface area contributed by atoms with Crippen LogP contribution in [0.15, 0.2) is 157 Å². The number of rotatable bonds is 3. The average molecular weight is 548 g/mol. The van der Waals surface area contributed by atoms with E-state index < -0.39 is 0 Å². The first-order valence-electron chi connectivity index (χ1n) is 15.2. The minimum Gasteiger partial charge on any atom is -0.248 e. The largest absolute Gasteiger partial charge is 0.248 e. The molecule has 6 aromatic carbocycles. The fourth-order valence-corrected chi connectivity index (χ4v) is 7.78. The summed E-state index contributed by atoms with van der Waals surface area (Å²) in [5.74, 6) is 0. The van der Waals surface area contributed by atoms with Crippen LogP contribution in [0.3, 0.4) is 0 Å². The second-order valence-corrected chi connectivity index (χ2v) is 11.8. The van der Waals surface area contributed by atoms with Gasteiger partial charge < -0.3 is 0 Å². The number of allylic oxidation sites excluding steroid dienone is 4. The van der Waals surface area contributed by atoms with Crippen LogP contribution in [0.2, 0.25) is 0 Å². The Labute approximate surface area is 251 Å². The third-order valence-electron chi connectivity index (χ3n) is 9.60. The lowest BCUT2D eigenvalue weighted by molar-refractivity contribution is 0.693. The molecular formula is C42H29N. The Hall–Kier alpha value is -5.27. The normalized spacial score (nSPS) is 15.0. The summed E-state index contributed by atoms with van der Waals surface area (Å²) in [4.78, 5) is 5.14. The van der Waals surface area contributed by atoms with E-state index in [1.807, 2.05) is 0 Å². The van der Waals surface area contributed by atoms with E-state index in [1.54, 1.807) is 0 Å². The lowest BCUT2D eigenvalue weighted by atomic mass is 9.65. The summed E-state index contributed by atoms with van der Waals surface area (Å²) in [6, 6.07) is 49.2. The zero-order valence-corrected chi connectivity index (χ0v) is 23.8. The maximum atomic E-state index is 5.14. The van der Waals surface area contributed by atoms with Gasteiger partial charge in [0.2, 0.25) is 0 Å². The summed E-state index contributed by atoms with van der Waals surface area (Å²) in [6.07, 6.45) is 9.01. The first-order chi connectivity index (χ1) is 21.3. The third-order valence-corrected chi connectivity index (χ3v) is 9.60. The molecule has 0 bridgehead atoms. The lowest BCUT2D eigenvalue weighted by Crippen LogP contribution is -2.30. The van der Waals surface area contributed by atoms with E-state index >= 15 is 0 Å². The Morgan fingerprint density at radius 1 is 0.535 bits per heavy atom. The van der Waals surface area contributed by atoms with Crippen LogP contribution in [0.25, 0.3) is 54.8 Å². The summed E-state index contributed by atoms with van der Waals surface area (Å²) in [6.45, 7) is 0. The van der Waals surface area contributed by atoms with Gasteiger partial charge in [-0.15, -0.1) is 0 Å². The van der Waals surface area contributed by atoms with Crippen molar-refractivity contribution in [1.29, 1.82) is 0 Å². The minimum absolute atomic E-state index is 0.338. The lowest BCUT2D eigenvalue weighted by Gasteiger charge is -2.37. The molecule has 0 atom stereocenters. The Kier molecular flexibility index (Phi) is 5.31. The van der Waals surface area contributed by atoms with E-state index in [-0.39, 0.29) is 5.41 Å². The van der Waals surface area contributed by atoms with Crippen LogP contribution >= 0.6 is 0 Å². The van der Waals surface area contributed by atoms with Crippen molar-refractivity contribution in [2.24, 2.45) is 0 Å². The average Bonchev–Trinajstić information content (AvgIpc) is 3.39. The van der Waals surface area contributed by atoms with Gasteiger partial charge in [-0.2, -0.15) is 0 Å². The first-order valence-corrected chi connectivity index (χ1v) is 15.2. The zero-order valence-electron chi connectivity index (χ0n) is 23.8. The molecule has 0 saturated carbocycles. The van der Waals surface area contributed by atoms with Crippen molar-refractivity contribution in [3.63, 3.8) is 0 Å². The number of benzene rings is 6. The van der Waals surface area contributed by atoms with Gasteiger partial charge in [-0.1, -0.05) is 133 Å². The highest BCUT2D eigenvalue weighted by atomic mass is 14.7. The summed E-state index contributed by atoms with van der Waals surface area (Å²) >= 11 is 0. The summed E-state index contributed by atoms with van der Waals surface area (Å²) in [7, 11) is 0. The molecule has 0 aliphatic heterocycles. The van der Waals surface area contributed by atoms with E-state index in [0.29, 0.717) is 0 Å². The minimum atomic E-state index is -0.338. The summed E-state index contributed by atoms with van der Waals surface area (Å²) < 4.78 is 0. The Balaban J connectivity index is 1.34. The molecule has 2 aliphatic rings. The Morgan fingerprint density at radius 2 is 1.26 bits per heavy atom. The standard InChI is InChI=1S/C42H29N/c1-2-15-30(16-3-1)42(38-22-9-7-20-34(38)35-21-8-10-23-39(35)42)31-17-12-14-28(25-31)36-27-41-37(33-19-6-5-18-32(33)36)26-29-13-4-11-24-40(29)43-41/h1-2,4-15,17-27H,3,16H2. The van der Waals surface area contributed by atoms with Crippen molar-refractivity contribution in [1.82, 2.24) is 4.98 Å².